The number of halogens is 1. The molecule has 0 spiro atoms. The van der Waals surface area contributed by atoms with Gasteiger partial charge in [0.15, 0.2) is 0 Å². The van der Waals surface area contributed by atoms with Crippen LogP contribution in [0.4, 0.5) is 0 Å². The molecule has 0 bridgehead atoms. The van der Waals surface area contributed by atoms with Crippen molar-refractivity contribution in [3.05, 3.63) is 0 Å². The first-order valence-electron chi connectivity index (χ1n) is 6.61. The van der Waals surface area contributed by atoms with Crippen molar-refractivity contribution in [3.8, 4) is 0 Å². The molecule has 2 aliphatic rings. The lowest BCUT2D eigenvalue weighted by Gasteiger charge is -2.43. The van der Waals surface area contributed by atoms with E-state index in [1.807, 2.05) is 4.90 Å². The third-order valence-corrected chi connectivity index (χ3v) is 4.42. The zero-order valence-electron chi connectivity index (χ0n) is 11.9. The maximum atomic E-state index is 12.5. The van der Waals surface area contributed by atoms with Crippen molar-refractivity contribution in [3.63, 3.8) is 0 Å². The molecule has 1 saturated heterocycles. The van der Waals surface area contributed by atoms with Crippen LogP contribution in [0.1, 0.15) is 33.1 Å². The van der Waals surface area contributed by atoms with Crippen molar-refractivity contribution < 1.29 is 9.59 Å². The summed E-state index contributed by atoms with van der Waals surface area (Å²) in [5, 5.41) is 2.61. The molecule has 0 aromatic rings. The number of nitrogens with two attached hydrogens (primary N) is 1. The molecular formula is C13H24ClN3O2. The number of hydrogen-bond acceptors (Lipinski definition) is 3. The Bertz CT molecular complexity index is 380. The Labute approximate surface area is 120 Å². The Hall–Kier alpha value is -0.810. The van der Waals surface area contributed by atoms with Crippen LogP contribution in [-0.2, 0) is 9.59 Å². The quantitative estimate of drug-likeness (QED) is 0.728. The van der Waals surface area contributed by atoms with E-state index < -0.39 is 5.41 Å². The van der Waals surface area contributed by atoms with Gasteiger partial charge in [-0.15, -0.1) is 12.4 Å². The molecule has 110 valence electrons. The fourth-order valence-corrected chi connectivity index (χ4v) is 2.75. The first kappa shape index (κ1) is 16.2. The van der Waals surface area contributed by atoms with Crippen molar-refractivity contribution >= 4 is 24.2 Å². The van der Waals surface area contributed by atoms with Crippen LogP contribution < -0.4 is 11.1 Å². The van der Waals surface area contributed by atoms with Crippen molar-refractivity contribution in [2.24, 2.45) is 16.6 Å². The SMILES string of the molecule is CNC(=O)C1(C(=O)N2CCC(N)C(C)(C)C2)CC1.Cl. The summed E-state index contributed by atoms with van der Waals surface area (Å²) >= 11 is 0. The van der Waals surface area contributed by atoms with Gasteiger partial charge in [-0.25, -0.2) is 0 Å². The zero-order chi connectivity index (χ0) is 13.6. The highest BCUT2D eigenvalue weighted by Crippen LogP contribution is 2.48. The maximum Gasteiger partial charge on any atom is 0.238 e. The van der Waals surface area contributed by atoms with Gasteiger partial charge in [-0.05, 0) is 24.7 Å². The lowest BCUT2D eigenvalue weighted by atomic mass is 9.79. The van der Waals surface area contributed by atoms with Gasteiger partial charge in [0.05, 0.1) is 0 Å². The molecule has 0 aromatic heterocycles. The Morgan fingerprint density at radius 3 is 2.32 bits per heavy atom. The van der Waals surface area contributed by atoms with Crippen molar-refractivity contribution in [1.82, 2.24) is 10.2 Å². The normalized spacial score (nSPS) is 27.2. The predicted octanol–water partition coefficient (Wildman–Crippen LogP) is 0.520. The molecule has 2 rings (SSSR count). The first-order chi connectivity index (χ1) is 8.33. The number of carbonyl (C=O) groups is 2. The largest absolute Gasteiger partial charge is 0.358 e. The smallest absolute Gasteiger partial charge is 0.238 e. The van der Waals surface area contributed by atoms with Gasteiger partial charge in [0.1, 0.15) is 5.41 Å². The number of rotatable bonds is 2. The Morgan fingerprint density at radius 1 is 1.32 bits per heavy atom. The van der Waals surface area contributed by atoms with Crippen LogP contribution in [0, 0.1) is 10.8 Å². The Morgan fingerprint density at radius 2 is 1.89 bits per heavy atom. The van der Waals surface area contributed by atoms with Crippen LogP contribution in [0.5, 0.6) is 0 Å². The van der Waals surface area contributed by atoms with Crippen LogP contribution in [0.2, 0.25) is 0 Å². The topological polar surface area (TPSA) is 75.4 Å². The minimum atomic E-state index is -0.772. The molecule has 1 aliphatic carbocycles. The standard InChI is InChI=1S/C13H23N3O2.ClH/c1-12(2)8-16(7-4-9(12)14)11(18)13(5-6-13)10(17)15-3;/h9H,4-8,14H2,1-3H3,(H,15,17);1H. The molecule has 1 heterocycles. The van der Waals surface area contributed by atoms with Crippen LogP contribution in [0.3, 0.4) is 0 Å². The van der Waals surface area contributed by atoms with Crippen LogP contribution >= 0.6 is 12.4 Å². The zero-order valence-corrected chi connectivity index (χ0v) is 12.7. The minimum absolute atomic E-state index is 0. The van der Waals surface area contributed by atoms with Gasteiger partial charge in [-0.2, -0.15) is 0 Å². The summed E-state index contributed by atoms with van der Waals surface area (Å²) in [4.78, 5) is 26.1. The monoisotopic (exact) mass is 289 g/mol. The fraction of sp³-hybridized carbons (Fsp3) is 0.846. The maximum absolute atomic E-state index is 12.5. The molecule has 1 saturated carbocycles. The second kappa shape index (κ2) is 5.29. The van der Waals surface area contributed by atoms with Crippen LogP contribution in [0.15, 0.2) is 0 Å². The van der Waals surface area contributed by atoms with E-state index in [9.17, 15) is 9.59 Å². The number of hydrogen-bond donors (Lipinski definition) is 2. The lowest BCUT2D eigenvalue weighted by Crippen LogP contribution is -2.56. The van der Waals surface area contributed by atoms with Crippen molar-refractivity contribution in [2.75, 3.05) is 20.1 Å². The second-order valence-electron chi connectivity index (χ2n) is 6.27. The van der Waals surface area contributed by atoms with Gasteiger partial charge in [0, 0.05) is 26.2 Å². The van der Waals surface area contributed by atoms with Crippen LogP contribution in [0.25, 0.3) is 0 Å². The molecule has 6 heteroatoms. The lowest BCUT2D eigenvalue weighted by molar-refractivity contribution is -0.146. The van der Waals surface area contributed by atoms with Crippen molar-refractivity contribution in [1.29, 1.82) is 0 Å². The molecule has 3 N–H and O–H groups in total. The molecule has 2 fully saturated rings. The van der Waals surface area contributed by atoms with Gasteiger partial charge < -0.3 is 16.0 Å². The molecule has 2 amide bonds. The van der Waals surface area contributed by atoms with Gasteiger partial charge in [0.25, 0.3) is 0 Å². The summed E-state index contributed by atoms with van der Waals surface area (Å²) in [6.07, 6.45) is 2.16. The van der Waals surface area contributed by atoms with Gasteiger partial charge in [0.2, 0.25) is 11.8 Å². The third-order valence-electron chi connectivity index (χ3n) is 4.42. The van der Waals surface area contributed by atoms with Gasteiger partial charge in [-0.3, -0.25) is 9.59 Å². The van der Waals surface area contributed by atoms with Gasteiger partial charge in [-0.1, -0.05) is 13.8 Å². The second-order valence-corrected chi connectivity index (χ2v) is 6.27. The first-order valence-corrected chi connectivity index (χ1v) is 6.61. The average Bonchev–Trinajstić information content (AvgIpc) is 3.12. The molecular weight excluding hydrogens is 266 g/mol. The molecule has 19 heavy (non-hydrogen) atoms. The number of nitrogens with zero attached hydrogens (tertiary/aromatic N) is 1. The van der Waals surface area contributed by atoms with E-state index in [0.29, 0.717) is 25.9 Å². The Kier molecular flexibility index (Phi) is 4.52. The fourth-order valence-electron chi connectivity index (χ4n) is 2.75. The predicted molar refractivity (Wildman–Crippen MR) is 75.9 cm³/mol. The average molecular weight is 290 g/mol. The highest BCUT2D eigenvalue weighted by molar-refractivity contribution is 6.07. The third kappa shape index (κ3) is 2.72. The van der Waals surface area contributed by atoms with E-state index in [0.717, 1.165) is 6.42 Å². The van der Waals surface area contributed by atoms with Crippen LogP contribution in [-0.4, -0.2) is 42.9 Å². The summed E-state index contributed by atoms with van der Waals surface area (Å²) in [6, 6.07) is 0.122. The highest BCUT2D eigenvalue weighted by atomic mass is 35.5. The van der Waals surface area contributed by atoms with Gasteiger partial charge >= 0.3 is 0 Å². The molecule has 0 aromatic carbocycles. The van der Waals surface area contributed by atoms with E-state index in [1.165, 1.54) is 0 Å². The summed E-state index contributed by atoms with van der Waals surface area (Å²) in [7, 11) is 1.59. The number of carbonyl (C=O) groups excluding carboxylic acids is 2. The number of likely N-dealkylation sites (tertiary alicyclic amines) is 1. The summed E-state index contributed by atoms with van der Waals surface area (Å²) in [5.41, 5.74) is 5.22. The summed E-state index contributed by atoms with van der Waals surface area (Å²) < 4.78 is 0. The molecule has 1 atom stereocenters. The summed E-state index contributed by atoms with van der Waals surface area (Å²) in [5.74, 6) is -0.151. The van der Waals surface area contributed by atoms with E-state index >= 15 is 0 Å². The minimum Gasteiger partial charge on any atom is -0.358 e. The highest BCUT2D eigenvalue weighted by Gasteiger charge is 2.58. The van der Waals surface area contributed by atoms with Crippen molar-refractivity contribution in [2.45, 2.75) is 39.2 Å². The van der Waals surface area contributed by atoms with E-state index in [4.69, 9.17) is 5.73 Å². The number of amides is 2. The molecule has 5 nitrogen and oxygen atoms in total. The van der Waals surface area contributed by atoms with E-state index in [-0.39, 0.29) is 35.7 Å². The molecule has 1 unspecified atom stereocenters. The summed E-state index contributed by atoms with van der Waals surface area (Å²) in [6.45, 7) is 5.47. The van der Waals surface area contributed by atoms with E-state index in [1.54, 1.807) is 7.05 Å². The molecule has 1 aliphatic heterocycles. The number of piperidine rings is 1. The number of nitrogens with one attached hydrogen (secondary N) is 1. The molecule has 0 radical (unpaired) electrons. The van der Waals surface area contributed by atoms with E-state index in [2.05, 4.69) is 19.2 Å². The Balaban J connectivity index is 0.00000180.